The number of rotatable bonds is 3. The predicted molar refractivity (Wildman–Crippen MR) is 110 cm³/mol. The maximum atomic E-state index is 10.6. The number of pyridine rings is 1. The molecule has 1 atom stereocenters. The first-order chi connectivity index (χ1) is 13.5. The fraction of sp³-hybridized carbons (Fsp3) is 0.261. The maximum absolute atomic E-state index is 10.6. The molecule has 0 amide bonds. The van der Waals surface area contributed by atoms with Crippen LogP contribution >= 0.6 is 0 Å². The van der Waals surface area contributed by atoms with Crippen LogP contribution in [0.15, 0.2) is 54.6 Å². The Morgan fingerprint density at radius 1 is 1.11 bits per heavy atom. The zero-order valence-corrected chi connectivity index (χ0v) is 16.1. The van der Waals surface area contributed by atoms with Gasteiger partial charge in [0.2, 0.25) is 0 Å². The molecule has 2 aromatic carbocycles. The van der Waals surface area contributed by atoms with Crippen LogP contribution in [-0.2, 0) is 6.54 Å². The Morgan fingerprint density at radius 3 is 2.71 bits per heavy atom. The first-order valence-corrected chi connectivity index (χ1v) is 9.47. The van der Waals surface area contributed by atoms with Crippen LogP contribution in [-0.4, -0.2) is 28.3 Å². The van der Waals surface area contributed by atoms with Crippen molar-refractivity contribution in [3.05, 3.63) is 71.4 Å². The van der Waals surface area contributed by atoms with Crippen molar-refractivity contribution < 1.29 is 14.9 Å². The third-order valence-corrected chi connectivity index (χ3v) is 5.08. The van der Waals surface area contributed by atoms with Crippen LogP contribution in [0.3, 0.4) is 0 Å². The van der Waals surface area contributed by atoms with E-state index in [0.29, 0.717) is 31.1 Å². The highest BCUT2D eigenvalue weighted by Gasteiger charge is 2.21. The van der Waals surface area contributed by atoms with Gasteiger partial charge in [0.25, 0.3) is 0 Å². The summed E-state index contributed by atoms with van der Waals surface area (Å²) in [5.41, 5.74) is 4.76. The third kappa shape index (κ3) is 3.53. The molecule has 0 radical (unpaired) electrons. The molecule has 28 heavy (non-hydrogen) atoms. The summed E-state index contributed by atoms with van der Waals surface area (Å²) >= 11 is 0. The second kappa shape index (κ2) is 7.52. The number of ether oxygens (including phenoxy) is 1. The standard InChI is InChI=1S/C23H24N2O3/c1-15-6-3-4-7-19(15)17-12-18-14-25(10-11-28-23(18)21(27)13-17)22-9-5-8-20(24-22)16(2)26/h3-9,12-13,16,26-27H,10-11,14H2,1-2H3. The van der Waals surface area contributed by atoms with Crippen LogP contribution in [0.1, 0.15) is 29.8 Å². The Bertz CT molecular complexity index is 1000. The highest BCUT2D eigenvalue weighted by Crippen LogP contribution is 2.38. The molecule has 4 rings (SSSR count). The Morgan fingerprint density at radius 2 is 1.93 bits per heavy atom. The van der Waals surface area contributed by atoms with Crippen molar-refractivity contribution in [3.8, 4) is 22.6 Å². The van der Waals surface area contributed by atoms with Gasteiger partial charge in [0.1, 0.15) is 12.4 Å². The largest absolute Gasteiger partial charge is 0.504 e. The molecule has 0 aliphatic carbocycles. The lowest BCUT2D eigenvalue weighted by atomic mass is 9.98. The lowest BCUT2D eigenvalue weighted by Gasteiger charge is -2.22. The molecule has 5 nitrogen and oxygen atoms in total. The van der Waals surface area contributed by atoms with Gasteiger partial charge in [-0.25, -0.2) is 4.98 Å². The van der Waals surface area contributed by atoms with Gasteiger partial charge in [-0.2, -0.15) is 0 Å². The molecule has 2 N–H and O–H groups in total. The van der Waals surface area contributed by atoms with Crippen LogP contribution in [0.25, 0.3) is 11.1 Å². The van der Waals surface area contributed by atoms with Gasteiger partial charge in [-0.1, -0.05) is 30.3 Å². The minimum absolute atomic E-state index is 0.156. The monoisotopic (exact) mass is 376 g/mol. The number of aliphatic hydroxyl groups is 1. The van der Waals surface area contributed by atoms with Gasteiger partial charge in [-0.15, -0.1) is 0 Å². The molecule has 144 valence electrons. The number of hydrogen-bond acceptors (Lipinski definition) is 5. The van der Waals surface area contributed by atoms with E-state index < -0.39 is 6.10 Å². The summed E-state index contributed by atoms with van der Waals surface area (Å²) in [6.45, 7) is 5.43. The Labute approximate surface area is 164 Å². The van der Waals surface area contributed by atoms with Crippen molar-refractivity contribution in [1.29, 1.82) is 0 Å². The van der Waals surface area contributed by atoms with Crippen molar-refractivity contribution in [3.63, 3.8) is 0 Å². The lowest BCUT2D eigenvalue weighted by molar-refractivity contribution is 0.194. The van der Waals surface area contributed by atoms with Gasteiger partial charge in [0, 0.05) is 12.1 Å². The molecule has 2 heterocycles. The van der Waals surface area contributed by atoms with Gasteiger partial charge in [0.05, 0.1) is 18.3 Å². The quantitative estimate of drug-likeness (QED) is 0.717. The molecule has 1 aromatic heterocycles. The summed E-state index contributed by atoms with van der Waals surface area (Å²) in [4.78, 5) is 6.70. The number of nitrogens with zero attached hydrogens (tertiary/aromatic N) is 2. The average molecular weight is 376 g/mol. The first kappa shape index (κ1) is 18.3. The van der Waals surface area contributed by atoms with Crippen LogP contribution in [0.4, 0.5) is 5.82 Å². The summed E-state index contributed by atoms with van der Waals surface area (Å²) < 4.78 is 5.86. The number of benzene rings is 2. The molecule has 1 aliphatic rings. The predicted octanol–water partition coefficient (Wildman–Crippen LogP) is 4.21. The number of phenolic OH excluding ortho intramolecular Hbond substituents is 1. The van der Waals surface area contributed by atoms with E-state index in [2.05, 4.69) is 35.0 Å². The fourth-order valence-corrected chi connectivity index (χ4v) is 3.60. The summed E-state index contributed by atoms with van der Waals surface area (Å²) in [5.74, 6) is 1.48. The molecule has 5 heteroatoms. The van der Waals surface area contributed by atoms with Crippen molar-refractivity contribution in [2.45, 2.75) is 26.5 Å². The number of aliphatic hydroxyl groups excluding tert-OH is 1. The van der Waals surface area contributed by atoms with Gasteiger partial charge in [-0.05, 0) is 54.8 Å². The Kier molecular flexibility index (Phi) is 4.92. The van der Waals surface area contributed by atoms with Crippen LogP contribution in [0, 0.1) is 6.92 Å². The molecule has 1 unspecified atom stereocenters. The van der Waals surface area contributed by atoms with Crippen LogP contribution in [0.5, 0.6) is 11.5 Å². The summed E-state index contributed by atoms with van der Waals surface area (Å²) in [5, 5.41) is 20.4. The van der Waals surface area contributed by atoms with E-state index >= 15 is 0 Å². The number of phenols is 1. The molecule has 0 fully saturated rings. The van der Waals surface area contributed by atoms with Crippen molar-refractivity contribution in [2.75, 3.05) is 18.1 Å². The number of hydrogen-bond donors (Lipinski definition) is 2. The Balaban J connectivity index is 1.73. The van der Waals surface area contributed by atoms with Gasteiger partial charge in [-0.3, -0.25) is 0 Å². The smallest absolute Gasteiger partial charge is 0.166 e. The number of fused-ring (bicyclic) bond motifs is 1. The maximum Gasteiger partial charge on any atom is 0.166 e. The van der Waals surface area contributed by atoms with E-state index in [1.165, 1.54) is 0 Å². The zero-order chi connectivity index (χ0) is 19.7. The van der Waals surface area contributed by atoms with Crippen LogP contribution < -0.4 is 9.64 Å². The molecule has 1 aliphatic heterocycles. The van der Waals surface area contributed by atoms with E-state index in [0.717, 1.165) is 28.1 Å². The molecule has 0 spiro atoms. The Hall–Kier alpha value is -3.05. The highest BCUT2D eigenvalue weighted by atomic mass is 16.5. The van der Waals surface area contributed by atoms with Crippen molar-refractivity contribution in [2.24, 2.45) is 0 Å². The number of aryl methyl sites for hydroxylation is 1. The van der Waals surface area contributed by atoms with Crippen molar-refractivity contribution in [1.82, 2.24) is 4.98 Å². The van der Waals surface area contributed by atoms with Crippen LogP contribution in [0.2, 0.25) is 0 Å². The number of aromatic hydroxyl groups is 1. The van der Waals surface area contributed by atoms with Gasteiger partial charge in [0.15, 0.2) is 11.5 Å². The highest BCUT2D eigenvalue weighted by molar-refractivity contribution is 5.72. The summed E-state index contributed by atoms with van der Waals surface area (Å²) in [6.07, 6.45) is -0.618. The molecular weight excluding hydrogens is 352 g/mol. The molecule has 0 saturated carbocycles. The normalized spacial score (nSPS) is 14.8. The second-order valence-corrected chi connectivity index (χ2v) is 7.17. The van der Waals surface area contributed by atoms with Gasteiger partial charge >= 0.3 is 0 Å². The summed E-state index contributed by atoms with van der Waals surface area (Å²) in [7, 11) is 0. The fourth-order valence-electron chi connectivity index (χ4n) is 3.60. The second-order valence-electron chi connectivity index (χ2n) is 7.17. The minimum atomic E-state index is -0.618. The molecule has 0 bridgehead atoms. The number of aromatic nitrogens is 1. The van der Waals surface area contributed by atoms with E-state index in [1.54, 1.807) is 13.0 Å². The minimum Gasteiger partial charge on any atom is -0.504 e. The summed E-state index contributed by atoms with van der Waals surface area (Å²) in [6, 6.07) is 17.6. The zero-order valence-electron chi connectivity index (χ0n) is 16.1. The van der Waals surface area contributed by atoms with Gasteiger partial charge < -0.3 is 19.8 Å². The third-order valence-electron chi connectivity index (χ3n) is 5.08. The van der Waals surface area contributed by atoms with E-state index in [9.17, 15) is 10.2 Å². The number of anilines is 1. The average Bonchev–Trinajstić information content (AvgIpc) is 2.91. The van der Waals surface area contributed by atoms with E-state index in [-0.39, 0.29) is 5.75 Å². The lowest BCUT2D eigenvalue weighted by Crippen LogP contribution is -2.26. The first-order valence-electron chi connectivity index (χ1n) is 9.47. The molecule has 0 saturated heterocycles. The van der Waals surface area contributed by atoms with Crippen molar-refractivity contribution >= 4 is 5.82 Å². The van der Waals surface area contributed by atoms with E-state index in [4.69, 9.17) is 4.74 Å². The SMILES string of the molecule is Cc1ccccc1-c1cc(O)c2c(c1)CN(c1cccc(C(C)O)n1)CCO2. The van der Waals surface area contributed by atoms with E-state index in [1.807, 2.05) is 30.3 Å². The molecule has 3 aromatic rings. The topological polar surface area (TPSA) is 65.8 Å². The molecular formula is C23H24N2O3.